The third-order valence-electron chi connectivity index (χ3n) is 1.51. The number of H-pyrrole nitrogens is 1. The number of nitrogens with one attached hydrogen (secondary N) is 1. The molecule has 0 spiro atoms. The van der Waals surface area contributed by atoms with E-state index >= 15 is 0 Å². The lowest BCUT2D eigenvalue weighted by Crippen LogP contribution is -2.22. The largest absolute Gasteiger partial charge is 0.477 e. The number of aromatic carboxylic acids is 1. The molecule has 1 aromatic heterocycles. The Kier molecular flexibility index (Phi) is 2.76. The van der Waals surface area contributed by atoms with Gasteiger partial charge in [-0.1, -0.05) is 11.6 Å². The molecule has 0 bridgehead atoms. The molecule has 0 atom stereocenters. The Morgan fingerprint density at radius 3 is 2.40 bits per heavy atom. The predicted molar refractivity (Wildman–Crippen MR) is 44.0 cm³/mol. The van der Waals surface area contributed by atoms with Crippen molar-refractivity contribution in [3.05, 3.63) is 32.7 Å². The zero-order valence-corrected chi connectivity index (χ0v) is 7.61. The van der Waals surface area contributed by atoms with E-state index in [0.717, 1.165) is 0 Å². The van der Waals surface area contributed by atoms with Crippen LogP contribution in [-0.2, 0) is 6.18 Å². The molecule has 0 fully saturated rings. The Bertz CT molecular complexity index is 466. The molecule has 0 amide bonds. The molecule has 0 aromatic carbocycles. The average molecular weight is 242 g/mol. The molecule has 0 saturated heterocycles. The molecule has 0 aliphatic rings. The Morgan fingerprint density at radius 2 is 2.00 bits per heavy atom. The lowest BCUT2D eigenvalue weighted by molar-refractivity contribution is -0.141. The van der Waals surface area contributed by atoms with Gasteiger partial charge in [-0.2, -0.15) is 13.2 Å². The van der Waals surface area contributed by atoms with E-state index in [9.17, 15) is 22.8 Å². The minimum Gasteiger partial charge on any atom is -0.477 e. The topological polar surface area (TPSA) is 70.2 Å². The molecule has 0 radical (unpaired) electrons. The van der Waals surface area contributed by atoms with Crippen LogP contribution in [0.15, 0.2) is 10.9 Å². The number of rotatable bonds is 1. The Balaban J connectivity index is 3.46. The van der Waals surface area contributed by atoms with Crippen molar-refractivity contribution in [3.63, 3.8) is 0 Å². The maximum Gasteiger partial charge on any atom is 0.432 e. The van der Waals surface area contributed by atoms with Gasteiger partial charge in [0, 0.05) is 0 Å². The first-order valence-electron chi connectivity index (χ1n) is 3.47. The Hall–Kier alpha value is -1.50. The second-order valence-electron chi connectivity index (χ2n) is 2.54. The Morgan fingerprint density at radius 1 is 1.47 bits per heavy atom. The van der Waals surface area contributed by atoms with Gasteiger partial charge in [-0.15, -0.1) is 0 Å². The summed E-state index contributed by atoms with van der Waals surface area (Å²) in [6.07, 6.45) is -4.83. The van der Waals surface area contributed by atoms with Crippen LogP contribution in [-0.4, -0.2) is 16.1 Å². The highest BCUT2D eigenvalue weighted by Gasteiger charge is 2.35. The van der Waals surface area contributed by atoms with Crippen LogP contribution in [0.3, 0.4) is 0 Å². The minimum atomic E-state index is -4.83. The first-order valence-corrected chi connectivity index (χ1v) is 3.84. The van der Waals surface area contributed by atoms with E-state index in [2.05, 4.69) is 0 Å². The fourth-order valence-electron chi connectivity index (χ4n) is 0.870. The first kappa shape index (κ1) is 11.6. The number of halogens is 4. The first-order chi connectivity index (χ1) is 6.73. The van der Waals surface area contributed by atoms with Gasteiger partial charge in [-0.05, 0) is 6.07 Å². The summed E-state index contributed by atoms with van der Waals surface area (Å²) in [6, 6.07) is 0.464. The Labute approximate surface area is 85.3 Å². The van der Waals surface area contributed by atoms with Gasteiger partial charge >= 0.3 is 12.1 Å². The predicted octanol–water partition coefficient (Wildman–Crippen LogP) is 1.75. The summed E-state index contributed by atoms with van der Waals surface area (Å²) < 4.78 is 36.5. The fourth-order valence-corrected chi connectivity index (χ4v) is 1.13. The SMILES string of the molecule is O=C(O)c1cc(Cl)c(C(F)(F)F)[nH]c1=O. The molecule has 0 aliphatic heterocycles. The van der Waals surface area contributed by atoms with E-state index in [1.165, 1.54) is 4.98 Å². The lowest BCUT2D eigenvalue weighted by atomic mass is 10.2. The zero-order valence-electron chi connectivity index (χ0n) is 6.85. The van der Waals surface area contributed by atoms with E-state index in [1.807, 2.05) is 0 Å². The number of hydrogen-bond acceptors (Lipinski definition) is 2. The number of aromatic amines is 1. The monoisotopic (exact) mass is 241 g/mol. The van der Waals surface area contributed by atoms with Crippen molar-refractivity contribution < 1.29 is 23.1 Å². The molecule has 4 nitrogen and oxygen atoms in total. The second kappa shape index (κ2) is 3.58. The smallest absolute Gasteiger partial charge is 0.432 e. The molecule has 0 unspecified atom stereocenters. The fraction of sp³-hybridized carbons (Fsp3) is 0.143. The van der Waals surface area contributed by atoms with Gasteiger partial charge in [0.05, 0.1) is 5.02 Å². The molecular formula is C7H3ClF3NO3. The number of aromatic nitrogens is 1. The summed E-state index contributed by atoms with van der Waals surface area (Å²) in [5.74, 6) is -1.65. The van der Waals surface area contributed by atoms with E-state index in [0.29, 0.717) is 6.07 Å². The van der Waals surface area contributed by atoms with E-state index in [4.69, 9.17) is 16.7 Å². The zero-order chi connectivity index (χ0) is 11.8. The number of carboxylic acid groups (broad SMARTS) is 1. The van der Waals surface area contributed by atoms with Crippen molar-refractivity contribution in [1.82, 2.24) is 4.98 Å². The van der Waals surface area contributed by atoms with Gasteiger partial charge in [-0.25, -0.2) is 4.79 Å². The molecule has 1 heterocycles. The maximum atomic E-state index is 12.2. The van der Waals surface area contributed by atoms with Gasteiger partial charge < -0.3 is 10.1 Å². The van der Waals surface area contributed by atoms with Crippen molar-refractivity contribution in [1.29, 1.82) is 0 Å². The van der Waals surface area contributed by atoms with Gasteiger partial charge in [0.1, 0.15) is 11.3 Å². The number of carboxylic acids is 1. The van der Waals surface area contributed by atoms with Crippen LogP contribution >= 0.6 is 11.6 Å². The van der Waals surface area contributed by atoms with Crippen molar-refractivity contribution in [2.24, 2.45) is 0 Å². The van der Waals surface area contributed by atoms with Crippen LogP contribution in [0.2, 0.25) is 5.02 Å². The highest BCUT2D eigenvalue weighted by atomic mass is 35.5. The average Bonchev–Trinajstić information content (AvgIpc) is 2.06. The van der Waals surface area contributed by atoms with Crippen LogP contribution in [0.1, 0.15) is 16.1 Å². The molecule has 1 rings (SSSR count). The number of carbonyl (C=O) groups is 1. The van der Waals surface area contributed by atoms with E-state index < -0.39 is 34.0 Å². The maximum absolute atomic E-state index is 12.2. The summed E-state index contributed by atoms with van der Waals surface area (Å²) in [6.45, 7) is 0. The molecule has 0 saturated carbocycles. The van der Waals surface area contributed by atoms with Gasteiger partial charge in [0.25, 0.3) is 5.56 Å². The molecule has 8 heteroatoms. The minimum absolute atomic E-state index is 0.464. The van der Waals surface area contributed by atoms with Crippen molar-refractivity contribution >= 4 is 17.6 Å². The summed E-state index contributed by atoms with van der Waals surface area (Å²) in [4.78, 5) is 22.6. The summed E-state index contributed by atoms with van der Waals surface area (Å²) >= 11 is 5.18. The van der Waals surface area contributed by atoms with Crippen molar-refractivity contribution in [3.8, 4) is 0 Å². The highest BCUT2D eigenvalue weighted by molar-refractivity contribution is 6.31. The summed E-state index contributed by atoms with van der Waals surface area (Å²) in [5.41, 5.74) is -3.65. The van der Waals surface area contributed by atoms with Crippen LogP contribution in [0.25, 0.3) is 0 Å². The number of hydrogen-bond donors (Lipinski definition) is 2. The second-order valence-corrected chi connectivity index (χ2v) is 2.95. The molecule has 82 valence electrons. The molecule has 2 N–H and O–H groups in total. The molecular weight excluding hydrogens is 239 g/mol. The third-order valence-corrected chi connectivity index (χ3v) is 1.81. The number of alkyl halides is 3. The van der Waals surface area contributed by atoms with E-state index in [1.54, 1.807) is 0 Å². The quantitative estimate of drug-likeness (QED) is 0.787. The van der Waals surface area contributed by atoms with E-state index in [-0.39, 0.29) is 0 Å². The van der Waals surface area contributed by atoms with Crippen LogP contribution in [0.5, 0.6) is 0 Å². The van der Waals surface area contributed by atoms with Gasteiger partial charge in [-0.3, -0.25) is 4.79 Å². The molecule has 15 heavy (non-hydrogen) atoms. The summed E-state index contributed by atoms with van der Waals surface area (Å²) in [7, 11) is 0. The normalized spacial score (nSPS) is 11.5. The highest BCUT2D eigenvalue weighted by Crippen LogP contribution is 2.32. The van der Waals surface area contributed by atoms with Crippen LogP contribution in [0.4, 0.5) is 13.2 Å². The third kappa shape index (κ3) is 2.30. The van der Waals surface area contributed by atoms with Crippen LogP contribution < -0.4 is 5.56 Å². The standard InChI is InChI=1S/C7H3ClF3NO3/c8-3-1-2(6(14)15)5(13)12-4(3)7(9,10)11/h1H,(H,12,13)(H,14,15). The van der Waals surface area contributed by atoms with Gasteiger partial charge in [0.15, 0.2) is 0 Å². The molecule has 1 aromatic rings. The van der Waals surface area contributed by atoms with Crippen LogP contribution in [0, 0.1) is 0 Å². The lowest BCUT2D eigenvalue weighted by Gasteiger charge is -2.08. The number of pyridine rings is 1. The summed E-state index contributed by atoms with van der Waals surface area (Å²) in [5, 5.41) is 7.56. The van der Waals surface area contributed by atoms with Crippen molar-refractivity contribution in [2.75, 3.05) is 0 Å². The van der Waals surface area contributed by atoms with Crippen molar-refractivity contribution in [2.45, 2.75) is 6.18 Å². The molecule has 0 aliphatic carbocycles. The van der Waals surface area contributed by atoms with Gasteiger partial charge in [0.2, 0.25) is 0 Å².